The van der Waals surface area contributed by atoms with Crippen LogP contribution in [0.3, 0.4) is 0 Å². The first-order valence-electron chi connectivity index (χ1n) is 10.7. The third-order valence-electron chi connectivity index (χ3n) is 5.63. The number of nitrogens with one attached hydrogen (secondary N) is 1. The lowest BCUT2D eigenvalue weighted by Gasteiger charge is -2.23. The van der Waals surface area contributed by atoms with Crippen LogP contribution in [0.5, 0.6) is 5.75 Å². The molecule has 1 amide bonds. The molecule has 33 heavy (non-hydrogen) atoms. The molecule has 4 aromatic rings. The SMILES string of the molecule is COc1ccc2[nH]c(=O)c(CN(CCc3cccc(C)c3)C(=O)c3ccccc3Cl)cc2c1. The molecule has 0 spiro atoms. The molecule has 1 aromatic heterocycles. The monoisotopic (exact) mass is 460 g/mol. The average Bonchev–Trinajstić information content (AvgIpc) is 2.81. The summed E-state index contributed by atoms with van der Waals surface area (Å²) in [5.74, 6) is 0.488. The largest absolute Gasteiger partial charge is 0.497 e. The fourth-order valence-corrected chi connectivity index (χ4v) is 4.09. The number of methoxy groups -OCH3 is 1. The number of halogens is 1. The maximum Gasteiger partial charge on any atom is 0.255 e. The summed E-state index contributed by atoms with van der Waals surface area (Å²) in [7, 11) is 1.60. The van der Waals surface area contributed by atoms with Crippen molar-refractivity contribution in [1.82, 2.24) is 9.88 Å². The number of H-pyrrole nitrogens is 1. The summed E-state index contributed by atoms with van der Waals surface area (Å²) >= 11 is 6.32. The van der Waals surface area contributed by atoms with Crippen LogP contribution >= 0.6 is 11.6 Å². The molecular weight excluding hydrogens is 436 g/mol. The highest BCUT2D eigenvalue weighted by atomic mass is 35.5. The Hall–Kier alpha value is -3.57. The van der Waals surface area contributed by atoms with Crippen molar-refractivity contribution in [3.05, 3.63) is 110 Å². The van der Waals surface area contributed by atoms with Gasteiger partial charge in [0.2, 0.25) is 0 Å². The number of rotatable bonds is 7. The van der Waals surface area contributed by atoms with Crippen molar-refractivity contribution in [2.45, 2.75) is 19.9 Å². The molecule has 0 fully saturated rings. The van der Waals surface area contributed by atoms with Crippen molar-refractivity contribution in [1.29, 1.82) is 0 Å². The molecular formula is C27H25ClN2O3. The van der Waals surface area contributed by atoms with Gasteiger partial charge in [-0.15, -0.1) is 0 Å². The van der Waals surface area contributed by atoms with Gasteiger partial charge in [-0.25, -0.2) is 0 Å². The van der Waals surface area contributed by atoms with Crippen LogP contribution in [0.2, 0.25) is 5.02 Å². The van der Waals surface area contributed by atoms with E-state index in [0.717, 1.165) is 16.5 Å². The Bertz CT molecular complexity index is 1360. The number of fused-ring (bicyclic) bond motifs is 1. The van der Waals surface area contributed by atoms with E-state index in [9.17, 15) is 9.59 Å². The van der Waals surface area contributed by atoms with Crippen molar-refractivity contribution < 1.29 is 9.53 Å². The normalized spacial score (nSPS) is 10.9. The van der Waals surface area contributed by atoms with Crippen molar-refractivity contribution >= 4 is 28.4 Å². The van der Waals surface area contributed by atoms with E-state index in [1.807, 2.05) is 43.3 Å². The molecule has 5 nitrogen and oxygen atoms in total. The summed E-state index contributed by atoms with van der Waals surface area (Å²) in [5.41, 5.74) is 3.71. The van der Waals surface area contributed by atoms with Crippen LogP contribution in [0.15, 0.2) is 77.6 Å². The van der Waals surface area contributed by atoms with E-state index in [0.29, 0.717) is 40.4 Å². The number of hydrogen-bond donors (Lipinski definition) is 1. The number of ether oxygens (including phenoxy) is 1. The van der Waals surface area contributed by atoms with Crippen LogP contribution in [-0.2, 0) is 13.0 Å². The van der Waals surface area contributed by atoms with E-state index >= 15 is 0 Å². The lowest BCUT2D eigenvalue weighted by atomic mass is 10.1. The minimum atomic E-state index is -0.222. The predicted molar refractivity (Wildman–Crippen MR) is 132 cm³/mol. The molecule has 0 bridgehead atoms. The average molecular weight is 461 g/mol. The van der Waals surface area contributed by atoms with Crippen molar-refractivity contribution in [3.63, 3.8) is 0 Å². The summed E-state index contributed by atoms with van der Waals surface area (Å²) in [4.78, 5) is 30.9. The zero-order valence-corrected chi connectivity index (χ0v) is 19.4. The van der Waals surface area contributed by atoms with Gasteiger partial charge in [-0.05, 0) is 55.3 Å². The number of amides is 1. The molecule has 1 N–H and O–H groups in total. The van der Waals surface area contributed by atoms with Crippen molar-refractivity contribution in [3.8, 4) is 5.75 Å². The Labute approximate surface area is 197 Å². The second-order valence-corrected chi connectivity index (χ2v) is 8.43. The van der Waals surface area contributed by atoms with Gasteiger partial charge >= 0.3 is 0 Å². The highest BCUT2D eigenvalue weighted by Gasteiger charge is 2.20. The zero-order valence-electron chi connectivity index (χ0n) is 18.6. The zero-order chi connectivity index (χ0) is 23.4. The number of pyridine rings is 1. The molecule has 6 heteroatoms. The molecule has 0 atom stereocenters. The molecule has 0 unspecified atom stereocenters. The Morgan fingerprint density at radius 1 is 1.03 bits per heavy atom. The molecule has 3 aromatic carbocycles. The van der Waals surface area contributed by atoms with Crippen LogP contribution in [-0.4, -0.2) is 29.4 Å². The van der Waals surface area contributed by atoms with Crippen LogP contribution in [0.25, 0.3) is 10.9 Å². The van der Waals surface area contributed by atoms with Gasteiger partial charge in [0.15, 0.2) is 0 Å². The van der Waals surface area contributed by atoms with Gasteiger partial charge in [0.05, 0.1) is 24.2 Å². The number of nitrogens with zero attached hydrogens (tertiary/aromatic N) is 1. The number of hydrogen-bond acceptors (Lipinski definition) is 3. The standard InChI is InChI=1S/C27H25ClN2O3/c1-18-6-5-7-19(14-18)12-13-30(27(32)23-8-3-4-9-24(23)28)17-21-15-20-16-22(33-2)10-11-25(20)29-26(21)31/h3-11,14-16H,12-13,17H2,1-2H3,(H,29,31). The van der Waals surface area contributed by atoms with E-state index in [4.69, 9.17) is 16.3 Å². The third-order valence-corrected chi connectivity index (χ3v) is 5.96. The van der Waals surface area contributed by atoms with Crippen LogP contribution in [0, 0.1) is 6.92 Å². The lowest BCUT2D eigenvalue weighted by Crippen LogP contribution is -2.34. The van der Waals surface area contributed by atoms with E-state index in [1.165, 1.54) is 0 Å². The molecule has 0 aliphatic heterocycles. The van der Waals surface area contributed by atoms with Gasteiger partial charge in [-0.3, -0.25) is 9.59 Å². The van der Waals surface area contributed by atoms with Crippen LogP contribution in [0.1, 0.15) is 27.0 Å². The second-order valence-electron chi connectivity index (χ2n) is 8.02. The van der Waals surface area contributed by atoms with Gasteiger partial charge in [0.1, 0.15) is 5.75 Å². The highest BCUT2D eigenvalue weighted by molar-refractivity contribution is 6.33. The number of aromatic nitrogens is 1. The number of carbonyl (C=O) groups is 1. The molecule has 0 aliphatic carbocycles. The predicted octanol–water partition coefficient (Wildman–Crippen LogP) is 5.38. The number of carbonyl (C=O) groups excluding carboxylic acids is 1. The Kier molecular flexibility index (Phi) is 6.80. The Balaban J connectivity index is 1.68. The molecule has 4 rings (SSSR count). The minimum Gasteiger partial charge on any atom is -0.497 e. The third kappa shape index (κ3) is 5.26. The summed E-state index contributed by atoms with van der Waals surface area (Å²) < 4.78 is 5.31. The Morgan fingerprint density at radius 2 is 1.85 bits per heavy atom. The number of benzene rings is 3. The maximum absolute atomic E-state index is 13.4. The van der Waals surface area contributed by atoms with Gasteiger partial charge < -0.3 is 14.6 Å². The summed E-state index contributed by atoms with van der Waals surface area (Å²) in [6, 6.07) is 22.5. The van der Waals surface area contributed by atoms with E-state index in [2.05, 4.69) is 11.1 Å². The molecule has 0 saturated carbocycles. The first-order chi connectivity index (χ1) is 15.9. The smallest absolute Gasteiger partial charge is 0.255 e. The van der Waals surface area contributed by atoms with Gasteiger partial charge in [0, 0.05) is 23.0 Å². The van der Waals surface area contributed by atoms with E-state index in [1.54, 1.807) is 42.3 Å². The van der Waals surface area contributed by atoms with Gasteiger partial charge in [0.25, 0.3) is 11.5 Å². The molecule has 0 saturated heterocycles. The molecule has 1 heterocycles. The van der Waals surface area contributed by atoms with Gasteiger partial charge in [-0.2, -0.15) is 0 Å². The summed E-state index contributed by atoms with van der Waals surface area (Å²) in [6.45, 7) is 2.65. The maximum atomic E-state index is 13.4. The van der Waals surface area contributed by atoms with E-state index < -0.39 is 0 Å². The molecule has 0 aliphatic rings. The second kappa shape index (κ2) is 9.92. The number of aromatic amines is 1. The summed E-state index contributed by atoms with van der Waals surface area (Å²) in [6.07, 6.45) is 0.664. The van der Waals surface area contributed by atoms with Crippen molar-refractivity contribution in [2.75, 3.05) is 13.7 Å². The molecule has 0 radical (unpaired) electrons. The number of aryl methyl sites for hydroxylation is 1. The van der Waals surface area contributed by atoms with Crippen LogP contribution in [0.4, 0.5) is 0 Å². The lowest BCUT2D eigenvalue weighted by molar-refractivity contribution is 0.0744. The van der Waals surface area contributed by atoms with Gasteiger partial charge in [-0.1, -0.05) is 53.6 Å². The minimum absolute atomic E-state index is 0.165. The topological polar surface area (TPSA) is 62.4 Å². The quantitative estimate of drug-likeness (QED) is 0.402. The Morgan fingerprint density at radius 3 is 2.61 bits per heavy atom. The first-order valence-corrected chi connectivity index (χ1v) is 11.1. The highest BCUT2D eigenvalue weighted by Crippen LogP contribution is 2.21. The van der Waals surface area contributed by atoms with E-state index in [-0.39, 0.29) is 18.0 Å². The fraction of sp³-hybridized carbons (Fsp3) is 0.185. The van der Waals surface area contributed by atoms with Crippen LogP contribution < -0.4 is 10.3 Å². The summed E-state index contributed by atoms with van der Waals surface area (Å²) in [5, 5.41) is 1.23. The molecule has 168 valence electrons. The van der Waals surface area contributed by atoms with Crippen molar-refractivity contribution in [2.24, 2.45) is 0 Å². The first kappa shape index (κ1) is 22.6. The fourth-order valence-electron chi connectivity index (χ4n) is 3.87.